The number of halogens is 5. The third-order valence-electron chi connectivity index (χ3n) is 5.31. The summed E-state index contributed by atoms with van der Waals surface area (Å²) in [6.45, 7) is 0.340. The first-order chi connectivity index (χ1) is 15.2. The lowest BCUT2D eigenvalue weighted by Crippen LogP contribution is -2.35. The van der Waals surface area contributed by atoms with E-state index in [0.717, 1.165) is 10.2 Å². The van der Waals surface area contributed by atoms with Crippen molar-refractivity contribution in [2.45, 2.75) is 31.1 Å². The van der Waals surface area contributed by atoms with E-state index >= 15 is 0 Å². The largest absolute Gasteiger partial charge is 0.410 e. The smallest absolute Gasteiger partial charge is 0.363 e. The zero-order valence-corrected chi connectivity index (χ0v) is 18.2. The highest BCUT2D eigenvalue weighted by molar-refractivity contribution is 6.42. The minimum absolute atomic E-state index is 0.0791. The number of fused-ring (bicyclic) bond motifs is 1. The molecular formula is C22H19Cl2F3N4O. The topological polar surface area (TPSA) is 59.0 Å². The molecule has 0 unspecified atom stereocenters. The van der Waals surface area contributed by atoms with Crippen molar-refractivity contribution in [3.8, 4) is 0 Å². The van der Waals surface area contributed by atoms with Crippen molar-refractivity contribution in [3.63, 3.8) is 0 Å². The quantitative estimate of drug-likeness (QED) is 0.481. The molecule has 0 saturated heterocycles. The number of aromatic nitrogens is 2. The molecule has 0 saturated carbocycles. The van der Waals surface area contributed by atoms with E-state index in [0.29, 0.717) is 23.6 Å². The van der Waals surface area contributed by atoms with Crippen LogP contribution in [0.4, 0.5) is 19.0 Å². The Bertz CT molecular complexity index is 1120. The highest BCUT2D eigenvalue weighted by atomic mass is 35.5. The van der Waals surface area contributed by atoms with Crippen LogP contribution >= 0.6 is 23.2 Å². The van der Waals surface area contributed by atoms with Gasteiger partial charge < -0.3 is 10.6 Å². The number of carbonyl (C=O) groups is 1. The van der Waals surface area contributed by atoms with E-state index in [4.69, 9.17) is 23.2 Å². The maximum atomic E-state index is 13.8. The average molecular weight is 483 g/mol. The molecule has 5 nitrogen and oxygen atoms in total. The number of hydrogen-bond acceptors (Lipinski definition) is 3. The number of nitrogens with zero attached hydrogens (tertiary/aromatic N) is 2. The first kappa shape index (κ1) is 22.5. The van der Waals surface area contributed by atoms with Crippen molar-refractivity contribution >= 4 is 34.9 Å². The summed E-state index contributed by atoms with van der Waals surface area (Å²) >= 11 is 12.0. The molecule has 1 aliphatic rings. The molecule has 3 aromatic rings. The monoisotopic (exact) mass is 482 g/mol. The second-order valence-electron chi connectivity index (χ2n) is 7.51. The lowest BCUT2D eigenvalue weighted by Gasteiger charge is -2.33. The third kappa shape index (κ3) is 4.86. The molecule has 2 heterocycles. The van der Waals surface area contributed by atoms with E-state index in [9.17, 15) is 18.0 Å². The zero-order chi connectivity index (χ0) is 22.9. The van der Waals surface area contributed by atoms with Crippen LogP contribution in [-0.2, 0) is 6.42 Å². The molecule has 4 rings (SSSR count). The molecule has 1 aliphatic heterocycles. The minimum atomic E-state index is -4.54. The van der Waals surface area contributed by atoms with E-state index in [1.807, 2.05) is 30.3 Å². The van der Waals surface area contributed by atoms with Gasteiger partial charge in [0.05, 0.1) is 16.1 Å². The van der Waals surface area contributed by atoms with Gasteiger partial charge in [-0.1, -0.05) is 59.6 Å². The summed E-state index contributed by atoms with van der Waals surface area (Å²) in [4.78, 5) is 12.5. The Morgan fingerprint density at radius 2 is 1.88 bits per heavy atom. The van der Waals surface area contributed by atoms with Crippen molar-refractivity contribution in [2.24, 2.45) is 0 Å². The van der Waals surface area contributed by atoms with Gasteiger partial charge in [0.15, 0.2) is 11.7 Å². The van der Waals surface area contributed by atoms with E-state index in [1.165, 1.54) is 12.1 Å². The Morgan fingerprint density at radius 1 is 1.12 bits per heavy atom. The number of hydrogen-bond donors (Lipinski definition) is 2. The third-order valence-corrected chi connectivity index (χ3v) is 6.05. The van der Waals surface area contributed by atoms with Crippen LogP contribution < -0.4 is 10.6 Å². The zero-order valence-electron chi connectivity index (χ0n) is 16.7. The first-order valence-corrected chi connectivity index (χ1v) is 10.7. The lowest BCUT2D eigenvalue weighted by molar-refractivity contribution is -0.173. The van der Waals surface area contributed by atoms with Crippen LogP contribution in [0.15, 0.2) is 54.6 Å². The molecule has 1 aromatic heterocycles. The number of carbonyl (C=O) groups excluding carboxylic acids is 1. The summed E-state index contributed by atoms with van der Waals surface area (Å²) in [7, 11) is 0. The van der Waals surface area contributed by atoms with Crippen molar-refractivity contribution in [3.05, 3.63) is 81.5 Å². The predicted octanol–water partition coefficient (Wildman–Crippen LogP) is 5.82. The Labute approximate surface area is 192 Å². The van der Waals surface area contributed by atoms with Gasteiger partial charge in [0, 0.05) is 19.0 Å². The van der Waals surface area contributed by atoms with E-state index in [1.54, 1.807) is 12.1 Å². The van der Waals surface area contributed by atoms with Gasteiger partial charge in [0.25, 0.3) is 5.91 Å². The molecule has 2 N–H and O–H groups in total. The Hall–Kier alpha value is -2.71. The molecule has 0 bridgehead atoms. The second kappa shape index (κ2) is 9.03. The molecule has 2 atom stereocenters. The second-order valence-corrected chi connectivity index (χ2v) is 8.33. The highest BCUT2D eigenvalue weighted by Crippen LogP contribution is 2.44. The van der Waals surface area contributed by atoms with Crippen LogP contribution in [0.25, 0.3) is 0 Å². The fraction of sp³-hybridized carbons (Fsp3) is 0.273. The number of nitrogens with one attached hydrogen (secondary N) is 2. The number of anilines is 1. The maximum absolute atomic E-state index is 13.8. The van der Waals surface area contributed by atoms with Crippen LogP contribution in [-0.4, -0.2) is 28.4 Å². The minimum Gasteiger partial charge on any atom is -0.363 e. The van der Waals surface area contributed by atoms with E-state index in [-0.39, 0.29) is 23.0 Å². The number of rotatable bonds is 5. The molecule has 1 amide bonds. The number of benzene rings is 2. The summed E-state index contributed by atoms with van der Waals surface area (Å²) in [6, 6.07) is 13.0. The van der Waals surface area contributed by atoms with E-state index in [2.05, 4.69) is 15.7 Å². The van der Waals surface area contributed by atoms with Gasteiger partial charge in [-0.25, -0.2) is 4.68 Å². The molecule has 2 aromatic carbocycles. The average Bonchev–Trinajstić information content (AvgIpc) is 3.19. The van der Waals surface area contributed by atoms with Gasteiger partial charge in [-0.15, -0.1) is 0 Å². The molecular weight excluding hydrogens is 464 g/mol. The molecule has 0 fully saturated rings. The summed E-state index contributed by atoms with van der Waals surface area (Å²) in [6.07, 6.45) is -4.24. The Kier molecular flexibility index (Phi) is 6.35. The molecule has 0 spiro atoms. The van der Waals surface area contributed by atoms with Gasteiger partial charge in [-0.2, -0.15) is 18.3 Å². The van der Waals surface area contributed by atoms with Crippen LogP contribution in [0.5, 0.6) is 0 Å². The first-order valence-electron chi connectivity index (χ1n) is 9.92. The lowest BCUT2D eigenvalue weighted by atomic mass is 9.97. The fourth-order valence-electron chi connectivity index (χ4n) is 3.69. The van der Waals surface area contributed by atoms with Crippen LogP contribution in [0.2, 0.25) is 10.0 Å². The van der Waals surface area contributed by atoms with Crippen molar-refractivity contribution in [1.29, 1.82) is 0 Å². The highest BCUT2D eigenvalue weighted by Gasteiger charge is 2.46. The van der Waals surface area contributed by atoms with Crippen LogP contribution in [0, 0.1) is 0 Å². The Morgan fingerprint density at radius 3 is 2.56 bits per heavy atom. The molecule has 168 valence electrons. The van der Waals surface area contributed by atoms with Gasteiger partial charge in [-0.05, 0) is 29.7 Å². The SMILES string of the molecule is O=C(NCCc1ccccc1)c1cc2n(n1)[C@@H](C(F)(F)F)C[C@H](c1ccc(Cl)c(Cl)c1)N2. The fourth-order valence-corrected chi connectivity index (χ4v) is 3.99. The molecule has 0 aliphatic carbocycles. The van der Waals surface area contributed by atoms with Gasteiger partial charge in [0.2, 0.25) is 0 Å². The summed E-state index contributed by atoms with van der Waals surface area (Å²) in [5.74, 6) is -0.417. The molecule has 10 heteroatoms. The van der Waals surface area contributed by atoms with Gasteiger partial charge in [-0.3, -0.25) is 4.79 Å². The van der Waals surface area contributed by atoms with Crippen molar-refractivity contribution in [2.75, 3.05) is 11.9 Å². The summed E-state index contributed by atoms with van der Waals surface area (Å²) in [5, 5.41) is 10.3. The van der Waals surface area contributed by atoms with Crippen molar-refractivity contribution in [1.82, 2.24) is 15.1 Å². The van der Waals surface area contributed by atoms with Crippen LogP contribution in [0.1, 0.15) is 40.1 Å². The summed E-state index contributed by atoms with van der Waals surface area (Å²) < 4.78 is 42.3. The van der Waals surface area contributed by atoms with Gasteiger partial charge >= 0.3 is 6.18 Å². The van der Waals surface area contributed by atoms with Gasteiger partial charge in [0.1, 0.15) is 5.82 Å². The normalized spacial score (nSPS) is 18.0. The van der Waals surface area contributed by atoms with Crippen molar-refractivity contribution < 1.29 is 18.0 Å². The standard InChI is InChI=1S/C22H19Cl2F3N4O/c23-15-7-6-14(10-16(15)24)17-11-19(22(25,26)27)31-20(29-17)12-18(30-31)21(32)28-9-8-13-4-2-1-3-5-13/h1-7,10,12,17,19,29H,8-9,11H2,(H,28,32)/t17-,19-/m1/s1. The van der Waals surface area contributed by atoms with E-state index < -0.39 is 24.2 Å². The van der Waals surface area contributed by atoms with Crippen LogP contribution in [0.3, 0.4) is 0 Å². The predicted molar refractivity (Wildman–Crippen MR) is 117 cm³/mol. The summed E-state index contributed by atoms with van der Waals surface area (Å²) in [5.41, 5.74) is 1.53. The molecule has 32 heavy (non-hydrogen) atoms. The Balaban J connectivity index is 1.53. The maximum Gasteiger partial charge on any atom is 0.410 e. The molecule has 0 radical (unpaired) electrons. The number of amides is 1. The number of alkyl halides is 3.